The molecule has 0 aliphatic rings. The van der Waals surface area contributed by atoms with Gasteiger partial charge in [0.25, 0.3) is 5.91 Å². The van der Waals surface area contributed by atoms with Crippen LogP contribution in [0.5, 0.6) is 0 Å². The highest BCUT2D eigenvalue weighted by atomic mass is 16.1. The van der Waals surface area contributed by atoms with Gasteiger partial charge in [0, 0.05) is 12.2 Å². The number of nitrogens with one attached hydrogen (secondary N) is 1. The number of aromatic nitrogens is 1. The largest absolute Gasteiger partial charge is 0.397 e. The SMILES string of the molecule is CN(C)Cc1ccccc1NC(=O)c1ccc(N)cn1. The van der Waals surface area contributed by atoms with E-state index in [4.69, 9.17) is 5.73 Å². The molecule has 0 radical (unpaired) electrons. The Hall–Kier alpha value is -2.40. The minimum Gasteiger partial charge on any atom is -0.397 e. The van der Waals surface area contributed by atoms with Crippen molar-refractivity contribution >= 4 is 17.3 Å². The molecule has 1 heterocycles. The Kier molecular flexibility index (Phi) is 4.32. The Labute approximate surface area is 118 Å². The predicted octanol–water partition coefficient (Wildman–Crippen LogP) is 1.98. The highest BCUT2D eigenvalue weighted by Crippen LogP contribution is 2.17. The van der Waals surface area contributed by atoms with Crippen LogP contribution in [0.4, 0.5) is 11.4 Å². The van der Waals surface area contributed by atoms with Crippen LogP contribution in [-0.4, -0.2) is 29.9 Å². The molecule has 0 unspecified atom stereocenters. The lowest BCUT2D eigenvalue weighted by molar-refractivity contribution is 0.102. The zero-order chi connectivity index (χ0) is 14.5. The molecule has 0 saturated heterocycles. The first-order valence-electron chi connectivity index (χ1n) is 6.32. The van der Waals surface area contributed by atoms with Gasteiger partial charge in [-0.1, -0.05) is 18.2 Å². The normalized spacial score (nSPS) is 10.6. The van der Waals surface area contributed by atoms with Crippen LogP contribution >= 0.6 is 0 Å². The van der Waals surface area contributed by atoms with Gasteiger partial charge >= 0.3 is 0 Å². The molecule has 5 heteroatoms. The number of hydrogen-bond acceptors (Lipinski definition) is 4. The second-order valence-electron chi connectivity index (χ2n) is 4.83. The van der Waals surface area contributed by atoms with Crippen LogP contribution in [0.2, 0.25) is 0 Å². The van der Waals surface area contributed by atoms with E-state index in [0.29, 0.717) is 11.4 Å². The third-order valence-corrected chi connectivity index (χ3v) is 2.77. The fourth-order valence-electron chi connectivity index (χ4n) is 1.85. The highest BCUT2D eigenvalue weighted by Gasteiger charge is 2.10. The molecule has 1 aromatic carbocycles. The van der Waals surface area contributed by atoms with Crippen molar-refractivity contribution in [3.05, 3.63) is 53.9 Å². The maximum Gasteiger partial charge on any atom is 0.274 e. The highest BCUT2D eigenvalue weighted by molar-refractivity contribution is 6.03. The van der Waals surface area contributed by atoms with Gasteiger partial charge in [0.05, 0.1) is 11.9 Å². The van der Waals surface area contributed by atoms with Crippen molar-refractivity contribution in [1.82, 2.24) is 9.88 Å². The number of anilines is 2. The first kappa shape index (κ1) is 14.0. The van der Waals surface area contributed by atoms with Crippen molar-refractivity contribution in [2.24, 2.45) is 0 Å². The molecular weight excluding hydrogens is 252 g/mol. The molecule has 0 atom stereocenters. The van der Waals surface area contributed by atoms with Crippen LogP contribution in [0.15, 0.2) is 42.6 Å². The summed E-state index contributed by atoms with van der Waals surface area (Å²) < 4.78 is 0. The smallest absolute Gasteiger partial charge is 0.274 e. The summed E-state index contributed by atoms with van der Waals surface area (Å²) in [5, 5.41) is 2.88. The van der Waals surface area contributed by atoms with Crippen molar-refractivity contribution in [2.75, 3.05) is 25.1 Å². The molecule has 1 amide bonds. The molecule has 0 spiro atoms. The van der Waals surface area contributed by atoms with E-state index in [-0.39, 0.29) is 5.91 Å². The molecule has 5 nitrogen and oxygen atoms in total. The number of carbonyl (C=O) groups excluding carboxylic acids is 1. The van der Waals surface area contributed by atoms with Crippen LogP contribution in [0, 0.1) is 0 Å². The summed E-state index contributed by atoms with van der Waals surface area (Å²) in [7, 11) is 3.97. The number of hydrogen-bond donors (Lipinski definition) is 2. The van der Waals surface area contributed by atoms with Gasteiger partial charge < -0.3 is 16.0 Å². The maximum atomic E-state index is 12.1. The van der Waals surface area contributed by atoms with Crippen LogP contribution in [0.3, 0.4) is 0 Å². The van der Waals surface area contributed by atoms with Gasteiger partial charge in [-0.3, -0.25) is 4.79 Å². The molecule has 3 N–H and O–H groups in total. The Morgan fingerprint density at radius 3 is 2.65 bits per heavy atom. The van der Waals surface area contributed by atoms with Gasteiger partial charge in [-0.2, -0.15) is 0 Å². The van der Waals surface area contributed by atoms with Crippen molar-refractivity contribution in [3.63, 3.8) is 0 Å². The zero-order valence-corrected chi connectivity index (χ0v) is 11.6. The van der Waals surface area contributed by atoms with E-state index in [0.717, 1.165) is 17.8 Å². The first-order chi connectivity index (χ1) is 9.56. The Bertz CT molecular complexity index is 593. The number of para-hydroxylation sites is 1. The van der Waals surface area contributed by atoms with E-state index in [1.54, 1.807) is 12.1 Å². The summed E-state index contributed by atoms with van der Waals surface area (Å²) in [6, 6.07) is 11.0. The lowest BCUT2D eigenvalue weighted by Crippen LogP contribution is -2.17. The summed E-state index contributed by atoms with van der Waals surface area (Å²) in [5.41, 5.74) is 8.29. The van der Waals surface area contributed by atoms with E-state index in [9.17, 15) is 4.79 Å². The Morgan fingerprint density at radius 1 is 1.25 bits per heavy atom. The first-order valence-corrected chi connectivity index (χ1v) is 6.32. The Balaban J connectivity index is 2.17. The molecule has 0 fully saturated rings. The summed E-state index contributed by atoms with van der Waals surface area (Å²) in [6.07, 6.45) is 1.47. The molecule has 1 aromatic heterocycles. The molecule has 0 bridgehead atoms. The van der Waals surface area contributed by atoms with Gasteiger partial charge in [0.2, 0.25) is 0 Å². The number of nitrogens with two attached hydrogens (primary N) is 1. The maximum absolute atomic E-state index is 12.1. The van der Waals surface area contributed by atoms with Gasteiger partial charge in [-0.15, -0.1) is 0 Å². The number of rotatable bonds is 4. The molecule has 20 heavy (non-hydrogen) atoms. The van der Waals surface area contributed by atoms with E-state index >= 15 is 0 Å². The summed E-state index contributed by atoms with van der Waals surface area (Å²) in [4.78, 5) is 18.2. The lowest BCUT2D eigenvalue weighted by Gasteiger charge is -2.14. The minimum atomic E-state index is -0.240. The minimum absolute atomic E-state index is 0.240. The second kappa shape index (κ2) is 6.16. The average molecular weight is 270 g/mol. The van der Waals surface area contributed by atoms with Crippen LogP contribution < -0.4 is 11.1 Å². The number of benzene rings is 1. The van der Waals surface area contributed by atoms with Gasteiger partial charge in [-0.25, -0.2) is 4.98 Å². The fraction of sp³-hybridized carbons (Fsp3) is 0.200. The topological polar surface area (TPSA) is 71.2 Å². The second-order valence-corrected chi connectivity index (χ2v) is 4.83. The summed E-state index contributed by atoms with van der Waals surface area (Å²) in [6.45, 7) is 0.756. The molecule has 104 valence electrons. The number of nitrogens with zero attached hydrogens (tertiary/aromatic N) is 2. The van der Waals surface area contributed by atoms with E-state index in [2.05, 4.69) is 10.3 Å². The standard InChI is InChI=1S/C15H18N4O/c1-19(2)10-11-5-3-4-6-13(11)18-15(20)14-8-7-12(16)9-17-14/h3-9H,10,16H2,1-2H3,(H,18,20). The molecule has 2 rings (SSSR count). The zero-order valence-electron chi connectivity index (χ0n) is 11.6. The van der Waals surface area contributed by atoms with Gasteiger partial charge in [0.15, 0.2) is 0 Å². The van der Waals surface area contributed by atoms with E-state index in [1.165, 1.54) is 6.20 Å². The molecule has 2 aromatic rings. The molecule has 0 saturated carbocycles. The van der Waals surface area contributed by atoms with E-state index in [1.807, 2.05) is 43.3 Å². The number of amides is 1. The van der Waals surface area contributed by atoms with Crippen LogP contribution in [0.1, 0.15) is 16.1 Å². The van der Waals surface area contributed by atoms with Gasteiger partial charge in [-0.05, 0) is 37.9 Å². The van der Waals surface area contributed by atoms with Gasteiger partial charge in [0.1, 0.15) is 5.69 Å². The summed E-state index contributed by atoms with van der Waals surface area (Å²) >= 11 is 0. The average Bonchev–Trinajstić information content (AvgIpc) is 2.41. The number of carbonyl (C=O) groups is 1. The number of nitrogen functional groups attached to an aromatic ring is 1. The monoisotopic (exact) mass is 270 g/mol. The fourth-order valence-corrected chi connectivity index (χ4v) is 1.85. The van der Waals surface area contributed by atoms with Crippen molar-refractivity contribution in [3.8, 4) is 0 Å². The quantitative estimate of drug-likeness (QED) is 0.891. The summed E-state index contributed by atoms with van der Waals surface area (Å²) in [5.74, 6) is -0.240. The molecule has 0 aliphatic carbocycles. The third kappa shape index (κ3) is 3.55. The van der Waals surface area contributed by atoms with Crippen LogP contribution in [0.25, 0.3) is 0 Å². The third-order valence-electron chi connectivity index (χ3n) is 2.77. The Morgan fingerprint density at radius 2 is 2.00 bits per heavy atom. The predicted molar refractivity (Wildman–Crippen MR) is 80.4 cm³/mol. The van der Waals surface area contributed by atoms with Crippen molar-refractivity contribution in [2.45, 2.75) is 6.54 Å². The van der Waals surface area contributed by atoms with E-state index < -0.39 is 0 Å². The lowest BCUT2D eigenvalue weighted by atomic mass is 10.1. The van der Waals surface area contributed by atoms with Crippen molar-refractivity contribution in [1.29, 1.82) is 0 Å². The van der Waals surface area contributed by atoms with Crippen molar-refractivity contribution < 1.29 is 4.79 Å². The van der Waals surface area contributed by atoms with Crippen LogP contribution in [-0.2, 0) is 6.54 Å². The molecule has 0 aliphatic heterocycles. The number of pyridine rings is 1. The molecular formula is C15H18N4O.